The molecule has 0 atom stereocenters. The number of nitro groups is 1. The molecule has 0 aliphatic heterocycles. The summed E-state index contributed by atoms with van der Waals surface area (Å²) in [6, 6.07) is 5.05. The van der Waals surface area contributed by atoms with Gasteiger partial charge in [0.2, 0.25) is 10.0 Å². The highest BCUT2D eigenvalue weighted by molar-refractivity contribution is 7.89. The number of nitrogens with zero attached hydrogens (tertiary/aromatic N) is 1. The van der Waals surface area contributed by atoms with Crippen LogP contribution in [0.5, 0.6) is 0 Å². The van der Waals surface area contributed by atoms with Crippen LogP contribution >= 0.6 is 0 Å². The van der Waals surface area contributed by atoms with Gasteiger partial charge < -0.3 is 0 Å². The third-order valence-electron chi connectivity index (χ3n) is 3.02. The predicted octanol–water partition coefficient (Wildman–Crippen LogP) is 1.82. The van der Waals surface area contributed by atoms with Gasteiger partial charge in [-0.2, -0.15) is 0 Å². The summed E-state index contributed by atoms with van der Waals surface area (Å²) in [4.78, 5) is 9.96. The molecule has 6 nitrogen and oxygen atoms in total. The van der Waals surface area contributed by atoms with Crippen LogP contribution in [0.15, 0.2) is 29.2 Å². The number of non-ortho nitro benzene ring substituents is 1. The van der Waals surface area contributed by atoms with Crippen LogP contribution < -0.4 is 4.72 Å². The van der Waals surface area contributed by atoms with Gasteiger partial charge in [0.15, 0.2) is 0 Å². The first-order chi connectivity index (χ1) is 8.49. The Bertz CT molecular complexity index is 550. The fourth-order valence-electron chi connectivity index (χ4n) is 2.10. The molecule has 98 valence electrons. The van der Waals surface area contributed by atoms with Gasteiger partial charge in [-0.25, -0.2) is 13.1 Å². The Morgan fingerprint density at radius 3 is 2.56 bits per heavy atom. The highest BCUT2D eigenvalue weighted by Crippen LogP contribution is 2.22. The Morgan fingerprint density at radius 1 is 1.28 bits per heavy atom. The molecule has 7 heteroatoms. The normalized spacial score (nSPS) is 16.9. The lowest BCUT2D eigenvalue weighted by Gasteiger charge is -2.12. The Balaban J connectivity index is 2.23. The van der Waals surface area contributed by atoms with E-state index in [0.717, 1.165) is 31.7 Å². The molecule has 1 aliphatic rings. The van der Waals surface area contributed by atoms with E-state index >= 15 is 0 Å². The molecule has 1 aliphatic carbocycles. The van der Waals surface area contributed by atoms with Crippen molar-refractivity contribution >= 4 is 15.7 Å². The zero-order valence-electron chi connectivity index (χ0n) is 9.70. The summed E-state index contributed by atoms with van der Waals surface area (Å²) < 4.78 is 26.6. The Labute approximate surface area is 105 Å². The smallest absolute Gasteiger partial charge is 0.258 e. The van der Waals surface area contributed by atoms with Crippen molar-refractivity contribution in [2.45, 2.75) is 36.6 Å². The van der Waals surface area contributed by atoms with Gasteiger partial charge in [-0.05, 0) is 18.9 Å². The Hall–Kier alpha value is -1.47. The first kappa shape index (κ1) is 13.0. The largest absolute Gasteiger partial charge is 0.270 e. The third kappa shape index (κ3) is 2.85. The van der Waals surface area contributed by atoms with Crippen LogP contribution in [0.1, 0.15) is 25.7 Å². The molecule has 0 amide bonds. The van der Waals surface area contributed by atoms with Crippen molar-refractivity contribution in [1.29, 1.82) is 0 Å². The van der Waals surface area contributed by atoms with Crippen molar-refractivity contribution in [1.82, 2.24) is 4.72 Å². The average Bonchev–Trinajstić information content (AvgIpc) is 2.81. The van der Waals surface area contributed by atoms with E-state index in [0.29, 0.717) is 0 Å². The van der Waals surface area contributed by atoms with Crippen molar-refractivity contribution in [2.75, 3.05) is 0 Å². The van der Waals surface area contributed by atoms with Gasteiger partial charge >= 0.3 is 0 Å². The molecule has 0 saturated heterocycles. The summed E-state index contributed by atoms with van der Waals surface area (Å²) in [6.07, 6.45) is 3.69. The highest BCUT2D eigenvalue weighted by Gasteiger charge is 2.23. The van der Waals surface area contributed by atoms with Gasteiger partial charge in [0, 0.05) is 18.2 Å². The molecule has 1 aromatic rings. The number of hydrogen-bond donors (Lipinski definition) is 1. The number of benzene rings is 1. The summed E-state index contributed by atoms with van der Waals surface area (Å²) in [5.41, 5.74) is -0.218. The zero-order chi connectivity index (χ0) is 13.2. The molecule has 0 heterocycles. The Kier molecular flexibility index (Phi) is 3.63. The standard InChI is InChI=1S/C11H14N2O4S/c14-13(15)10-6-3-7-11(8-10)18(16,17)12-9-4-1-2-5-9/h3,6-9,12H,1-2,4-5H2. The monoisotopic (exact) mass is 270 g/mol. The second-order valence-corrected chi connectivity index (χ2v) is 6.07. The number of nitrogens with one attached hydrogen (secondary N) is 1. The van der Waals surface area contributed by atoms with E-state index in [1.54, 1.807) is 0 Å². The molecule has 1 saturated carbocycles. The number of sulfonamides is 1. The molecule has 18 heavy (non-hydrogen) atoms. The molecular weight excluding hydrogens is 256 g/mol. The van der Waals surface area contributed by atoms with E-state index in [-0.39, 0.29) is 16.6 Å². The highest BCUT2D eigenvalue weighted by atomic mass is 32.2. The molecule has 1 N–H and O–H groups in total. The molecule has 0 aromatic heterocycles. The van der Waals surface area contributed by atoms with Crippen LogP contribution in [-0.4, -0.2) is 19.4 Å². The SMILES string of the molecule is O=[N+]([O-])c1cccc(S(=O)(=O)NC2CCCC2)c1. The van der Waals surface area contributed by atoms with E-state index in [2.05, 4.69) is 4.72 Å². The van der Waals surface area contributed by atoms with E-state index in [1.807, 2.05) is 0 Å². The number of rotatable bonds is 4. The Morgan fingerprint density at radius 2 is 1.94 bits per heavy atom. The van der Waals surface area contributed by atoms with Gasteiger partial charge in [0.1, 0.15) is 0 Å². The maximum Gasteiger partial charge on any atom is 0.270 e. The van der Waals surface area contributed by atoms with E-state index in [1.165, 1.54) is 18.2 Å². The average molecular weight is 270 g/mol. The van der Waals surface area contributed by atoms with Crippen molar-refractivity contribution in [3.63, 3.8) is 0 Å². The lowest BCUT2D eigenvalue weighted by molar-refractivity contribution is -0.385. The third-order valence-corrected chi connectivity index (χ3v) is 4.53. The van der Waals surface area contributed by atoms with E-state index in [9.17, 15) is 18.5 Å². The lowest BCUT2D eigenvalue weighted by Crippen LogP contribution is -2.32. The summed E-state index contributed by atoms with van der Waals surface area (Å²) in [7, 11) is -3.65. The molecule has 2 rings (SSSR count). The summed E-state index contributed by atoms with van der Waals surface area (Å²) in [5, 5.41) is 10.6. The summed E-state index contributed by atoms with van der Waals surface area (Å²) in [5.74, 6) is 0. The maximum atomic E-state index is 12.0. The maximum absolute atomic E-state index is 12.0. The van der Waals surface area contributed by atoms with Gasteiger partial charge in [0.25, 0.3) is 5.69 Å². The lowest BCUT2D eigenvalue weighted by atomic mass is 10.3. The van der Waals surface area contributed by atoms with Crippen LogP contribution in [0.4, 0.5) is 5.69 Å². The van der Waals surface area contributed by atoms with Gasteiger partial charge in [0.05, 0.1) is 9.82 Å². The van der Waals surface area contributed by atoms with Crippen molar-refractivity contribution in [3.8, 4) is 0 Å². The summed E-state index contributed by atoms with van der Waals surface area (Å²) in [6.45, 7) is 0. The number of hydrogen-bond acceptors (Lipinski definition) is 4. The van der Waals surface area contributed by atoms with Gasteiger partial charge in [-0.1, -0.05) is 18.9 Å². The fraction of sp³-hybridized carbons (Fsp3) is 0.455. The van der Waals surface area contributed by atoms with Crippen LogP contribution in [0, 0.1) is 10.1 Å². The van der Waals surface area contributed by atoms with Crippen LogP contribution in [-0.2, 0) is 10.0 Å². The van der Waals surface area contributed by atoms with E-state index in [4.69, 9.17) is 0 Å². The molecule has 1 fully saturated rings. The quantitative estimate of drug-likeness (QED) is 0.667. The minimum atomic E-state index is -3.65. The predicted molar refractivity (Wildman–Crippen MR) is 65.7 cm³/mol. The molecular formula is C11H14N2O4S. The van der Waals surface area contributed by atoms with Crippen molar-refractivity contribution in [3.05, 3.63) is 34.4 Å². The second-order valence-electron chi connectivity index (χ2n) is 4.36. The molecule has 0 unspecified atom stereocenters. The topological polar surface area (TPSA) is 89.3 Å². The van der Waals surface area contributed by atoms with Gasteiger partial charge in [-0.3, -0.25) is 10.1 Å². The number of nitro benzene ring substituents is 1. The molecule has 0 radical (unpaired) electrons. The minimum absolute atomic E-state index is 0.0470. The zero-order valence-corrected chi connectivity index (χ0v) is 10.5. The van der Waals surface area contributed by atoms with Crippen LogP contribution in [0.2, 0.25) is 0 Å². The molecule has 0 spiro atoms. The van der Waals surface area contributed by atoms with E-state index < -0.39 is 14.9 Å². The van der Waals surface area contributed by atoms with Gasteiger partial charge in [-0.15, -0.1) is 0 Å². The van der Waals surface area contributed by atoms with Crippen LogP contribution in [0.25, 0.3) is 0 Å². The first-order valence-electron chi connectivity index (χ1n) is 5.76. The van der Waals surface area contributed by atoms with Crippen molar-refractivity contribution in [2.24, 2.45) is 0 Å². The second kappa shape index (κ2) is 5.03. The van der Waals surface area contributed by atoms with Crippen LogP contribution in [0.3, 0.4) is 0 Å². The molecule has 1 aromatic carbocycles. The van der Waals surface area contributed by atoms with Crippen molar-refractivity contribution < 1.29 is 13.3 Å². The molecule has 0 bridgehead atoms. The minimum Gasteiger partial charge on any atom is -0.258 e. The fourth-order valence-corrected chi connectivity index (χ4v) is 3.44. The summed E-state index contributed by atoms with van der Waals surface area (Å²) >= 11 is 0. The first-order valence-corrected chi connectivity index (χ1v) is 7.24.